The van der Waals surface area contributed by atoms with Crippen molar-refractivity contribution in [3.63, 3.8) is 0 Å². The van der Waals surface area contributed by atoms with Gasteiger partial charge in [0, 0.05) is 15.7 Å². The average molecular weight is 531 g/mol. The van der Waals surface area contributed by atoms with Gasteiger partial charge in [-0.25, -0.2) is 21.5 Å². The minimum atomic E-state index is -4.35. The van der Waals surface area contributed by atoms with Crippen LogP contribution in [-0.2, 0) is 10.0 Å². The quantitative estimate of drug-likeness (QED) is 0.365. The SMILES string of the molecule is C=C1C=CC=C2N1[C@@H](c1ccc(Cl)cc1)[C@@H](c1ccc(Cl)cc1)N2S(=O)(=O)c1ccc(F)c(F)c1. The number of fused-ring (bicyclic) bond motifs is 1. The molecule has 0 bridgehead atoms. The molecular weight excluding hydrogens is 513 g/mol. The van der Waals surface area contributed by atoms with Crippen LogP contribution in [0.15, 0.2) is 108 Å². The maximum absolute atomic E-state index is 14.1. The maximum atomic E-state index is 14.1. The van der Waals surface area contributed by atoms with Crippen LogP contribution in [0, 0.1) is 11.6 Å². The first-order valence-electron chi connectivity index (χ1n) is 10.6. The molecule has 4 nitrogen and oxygen atoms in total. The Hall–Kier alpha value is -3.13. The molecule has 2 aliphatic rings. The summed E-state index contributed by atoms with van der Waals surface area (Å²) in [6, 6.07) is 15.2. The van der Waals surface area contributed by atoms with Gasteiger partial charge in [-0.2, -0.15) is 0 Å². The Morgan fingerprint density at radius 1 is 0.800 bits per heavy atom. The van der Waals surface area contributed by atoms with E-state index in [4.69, 9.17) is 23.2 Å². The highest BCUT2D eigenvalue weighted by Crippen LogP contribution is 2.53. The van der Waals surface area contributed by atoms with Crippen molar-refractivity contribution in [2.75, 3.05) is 0 Å². The summed E-state index contributed by atoms with van der Waals surface area (Å²) in [5, 5.41) is 1.03. The second-order valence-corrected chi connectivity index (χ2v) is 10.8. The summed E-state index contributed by atoms with van der Waals surface area (Å²) >= 11 is 12.2. The third-order valence-electron chi connectivity index (χ3n) is 6.02. The molecular formula is C26H18Cl2F2N2O2S. The van der Waals surface area contributed by atoms with Crippen LogP contribution in [0.5, 0.6) is 0 Å². The Bertz CT molecular complexity index is 1490. The van der Waals surface area contributed by atoms with Crippen LogP contribution in [-0.4, -0.2) is 17.6 Å². The third-order valence-corrected chi connectivity index (χ3v) is 8.30. The Morgan fingerprint density at radius 2 is 1.37 bits per heavy atom. The fourth-order valence-corrected chi connectivity index (χ4v) is 6.36. The van der Waals surface area contributed by atoms with Crippen molar-refractivity contribution in [3.8, 4) is 0 Å². The van der Waals surface area contributed by atoms with Crippen LogP contribution >= 0.6 is 23.2 Å². The molecule has 2 aliphatic heterocycles. The van der Waals surface area contributed by atoms with Crippen LogP contribution in [0.25, 0.3) is 0 Å². The normalized spacial score (nSPS) is 19.7. The fraction of sp³-hybridized carbons (Fsp3) is 0.0769. The van der Waals surface area contributed by atoms with Gasteiger partial charge in [-0.05, 0) is 65.7 Å². The monoisotopic (exact) mass is 530 g/mol. The van der Waals surface area contributed by atoms with Crippen LogP contribution < -0.4 is 0 Å². The Balaban J connectivity index is 1.77. The summed E-state index contributed by atoms with van der Waals surface area (Å²) in [6.07, 6.45) is 5.13. The summed E-state index contributed by atoms with van der Waals surface area (Å²) in [5.74, 6) is -2.04. The zero-order chi connectivity index (χ0) is 24.9. The van der Waals surface area contributed by atoms with E-state index in [1.54, 1.807) is 54.6 Å². The lowest BCUT2D eigenvalue weighted by Crippen LogP contribution is -2.31. The molecule has 5 rings (SSSR count). The number of sulfonamides is 1. The summed E-state index contributed by atoms with van der Waals surface area (Å²) in [5.41, 5.74) is 2.02. The second kappa shape index (κ2) is 8.82. The number of nitrogens with zero attached hydrogens (tertiary/aromatic N) is 2. The summed E-state index contributed by atoms with van der Waals surface area (Å²) < 4.78 is 57.0. The molecule has 3 aromatic carbocycles. The molecule has 2 atom stereocenters. The van der Waals surface area contributed by atoms with E-state index in [2.05, 4.69) is 6.58 Å². The van der Waals surface area contributed by atoms with Crippen LogP contribution in [0.3, 0.4) is 0 Å². The topological polar surface area (TPSA) is 40.6 Å². The Labute approximate surface area is 212 Å². The third kappa shape index (κ3) is 4.03. The molecule has 1 fully saturated rings. The van der Waals surface area contributed by atoms with Crippen molar-refractivity contribution < 1.29 is 17.2 Å². The molecule has 3 aromatic rings. The van der Waals surface area contributed by atoms with E-state index in [1.807, 2.05) is 17.0 Å². The van der Waals surface area contributed by atoms with Gasteiger partial charge in [0.1, 0.15) is 5.82 Å². The molecule has 0 unspecified atom stereocenters. The van der Waals surface area contributed by atoms with E-state index in [0.29, 0.717) is 33.2 Å². The van der Waals surface area contributed by atoms with Gasteiger partial charge in [0.25, 0.3) is 10.0 Å². The van der Waals surface area contributed by atoms with E-state index in [9.17, 15) is 17.2 Å². The van der Waals surface area contributed by atoms with Gasteiger partial charge in [-0.3, -0.25) is 0 Å². The van der Waals surface area contributed by atoms with Crippen molar-refractivity contribution in [1.29, 1.82) is 0 Å². The van der Waals surface area contributed by atoms with Crippen molar-refractivity contribution in [2.45, 2.75) is 17.0 Å². The molecule has 35 heavy (non-hydrogen) atoms. The Morgan fingerprint density at radius 3 is 1.94 bits per heavy atom. The maximum Gasteiger partial charge on any atom is 0.266 e. The van der Waals surface area contributed by atoms with Gasteiger partial charge in [0.2, 0.25) is 0 Å². The van der Waals surface area contributed by atoms with Crippen molar-refractivity contribution in [3.05, 3.63) is 136 Å². The number of rotatable bonds is 4. The lowest BCUT2D eigenvalue weighted by atomic mass is 9.93. The largest absolute Gasteiger partial charge is 0.318 e. The zero-order valence-corrected chi connectivity index (χ0v) is 20.4. The van der Waals surface area contributed by atoms with Gasteiger partial charge in [0.05, 0.1) is 17.0 Å². The van der Waals surface area contributed by atoms with Crippen LogP contribution in [0.2, 0.25) is 10.0 Å². The molecule has 0 amide bonds. The lowest BCUT2D eigenvalue weighted by molar-refractivity contribution is 0.346. The predicted octanol–water partition coefficient (Wildman–Crippen LogP) is 6.99. The van der Waals surface area contributed by atoms with Crippen LogP contribution in [0.1, 0.15) is 23.2 Å². The van der Waals surface area contributed by atoms with Gasteiger partial charge in [-0.15, -0.1) is 0 Å². The van der Waals surface area contributed by atoms with Gasteiger partial charge >= 0.3 is 0 Å². The summed E-state index contributed by atoms with van der Waals surface area (Å²) in [6.45, 7) is 4.13. The van der Waals surface area contributed by atoms with E-state index < -0.39 is 33.7 Å². The highest BCUT2D eigenvalue weighted by atomic mass is 35.5. The van der Waals surface area contributed by atoms with Gasteiger partial charge in [-0.1, -0.05) is 60.1 Å². The Kier molecular flexibility index (Phi) is 5.95. The molecule has 0 aliphatic carbocycles. The summed E-state index contributed by atoms with van der Waals surface area (Å²) in [7, 11) is -4.35. The smallest absolute Gasteiger partial charge is 0.266 e. The molecule has 0 aromatic heterocycles. The minimum absolute atomic E-state index is 0.335. The van der Waals surface area contributed by atoms with Crippen molar-refractivity contribution >= 4 is 33.2 Å². The minimum Gasteiger partial charge on any atom is -0.318 e. The number of hydrogen-bond acceptors (Lipinski definition) is 3. The molecule has 1 saturated heterocycles. The number of benzene rings is 3. The molecule has 2 heterocycles. The first-order valence-corrected chi connectivity index (χ1v) is 12.7. The zero-order valence-electron chi connectivity index (χ0n) is 18.1. The fourth-order valence-electron chi connectivity index (χ4n) is 4.46. The first-order chi connectivity index (χ1) is 16.7. The average Bonchev–Trinajstić information content (AvgIpc) is 3.19. The van der Waals surface area contributed by atoms with E-state index in [-0.39, 0.29) is 4.90 Å². The van der Waals surface area contributed by atoms with Crippen molar-refractivity contribution in [1.82, 2.24) is 9.21 Å². The van der Waals surface area contributed by atoms with E-state index in [0.717, 1.165) is 17.7 Å². The molecule has 0 spiro atoms. The predicted molar refractivity (Wildman–Crippen MR) is 132 cm³/mol. The molecule has 0 saturated carbocycles. The molecule has 0 N–H and O–H groups in total. The highest BCUT2D eigenvalue weighted by Gasteiger charge is 2.51. The second-order valence-electron chi connectivity index (χ2n) is 8.11. The number of halogens is 4. The number of hydrogen-bond donors (Lipinski definition) is 0. The van der Waals surface area contributed by atoms with E-state index in [1.165, 1.54) is 4.31 Å². The van der Waals surface area contributed by atoms with Crippen LogP contribution in [0.4, 0.5) is 8.78 Å². The van der Waals surface area contributed by atoms with E-state index >= 15 is 0 Å². The molecule has 0 radical (unpaired) electrons. The lowest BCUT2D eigenvalue weighted by Gasteiger charge is -2.30. The van der Waals surface area contributed by atoms with Gasteiger partial charge < -0.3 is 4.90 Å². The molecule has 9 heteroatoms. The molecule has 178 valence electrons. The number of allylic oxidation sites excluding steroid dienone is 3. The summed E-state index contributed by atoms with van der Waals surface area (Å²) in [4.78, 5) is 1.45. The van der Waals surface area contributed by atoms with Crippen molar-refractivity contribution in [2.24, 2.45) is 0 Å². The first kappa shape index (κ1) is 23.6. The highest BCUT2D eigenvalue weighted by molar-refractivity contribution is 7.89. The van der Waals surface area contributed by atoms with Gasteiger partial charge in [0.15, 0.2) is 11.6 Å². The standard InChI is InChI=1S/C26H18Cl2F2N2O2S/c1-16-3-2-4-24-31(16)25(17-5-9-19(27)10-6-17)26(18-7-11-20(28)12-8-18)32(24)35(33,34)21-13-14-22(29)23(30)15-21/h2-15,25-26H,1H2/t25-,26+/m0/s1.